The van der Waals surface area contributed by atoms with Gasteiger partial charge in [-0.15, -0.1) is 0 Å². The van der Waals surface area contributed by atoms with E-state index < -0.39 is 17.4 Å². The Morgan fingerprint density at radius 3 is 1.94 bits per heavy atom. The number of hydrogen-bond acceptors (Lipinski definition) is 2. The molecule has 0 aliphatic rings. The largest absolute Gasteiger partial charge is 0.443 e. The van der Waals surface area contributed by atoms with Gasteiger partial charge in [-0.2, -0.15) is 0 Å². The minimum atomic E-state index is -1.09. The SMILES string of the molecule is CC(C)(C#Cc1ccccc1F)OC(=O)c1cccc([S+](c2ccccc2)c2ccccc2)c1. The number of hydrogen-bond donors (Lipinski definition) is 0. The Balaban J connectivity index is 1.61. The molecule has 4 rings (SSSR count). The molecule has 2 nitrogen and oxygen atoms in total. The van der Waals surface area contributed by atoms with Crippen molar-refractivity contribution in [2.45, 2.75) is 34.1 Å². The van der Waals surface area contributed by atoms with Gasteiger partial charge in [0.15, 0.2) is 20.3 Å². The van der Waals surface area contributed by atoms with E-state index in [1.54, 1.807) is 38.1 Å². The van der Waals surface area contributed by atoms with Gasteiger partial charge in [-0.25, -0.2) is 9.18 Å². The van der Waals surface area contributed by atoms with E-state index in [9.17, 15) is 9.18 Å². The lowest BCUT2D eigenvalue weighted by Gasteiger charge is -2.19. The van der Waals surface area contributed by atoms with Crippen LogP contribution in [0.25, 0.3) is 0 Å². The quantitative estimate of drug-likeness (QED) is 0.181. The molecule has 0 heterocycles. The molecule has 0 saturated carbocycles. The monoisotopic (exact) mass is 467 g/mol. The lowest BCUT2D eigenvalue weighted by molar-refractivity contribution is 0.0204. The zero-order valence-corrected chi connectivity index (χ0v) is 19.8. The van der Waals surface area contributed by atoms with Crippen LogP contribution in [-0.4, -0.2) is 11.6 Å². The van der Waals surface area contributed by atoms with Crippen LogP contribution in [0.2, 0.25) is 0 Å². The molecule has 4 aromatic carbocycles. The molecule has 0 saturated heterocycles. The Morgan fingerprint density at radius 2 is 1.32 bits per heavy atom. The summed E-state index contributed by atoms with van der Waals surface area (Å²) in [6, 6.07) is 34.3. The average molecular weight is 468 g/mol. The summed E-state index contributed by atoms with van der Waals surface area (Å²) in [4.78, 5) is 16.4. The molecule has 0 N–H and O–H groups in total. The first-order valence-electron chi connectivity index (χ1n) is 10.9. The van der Waals surface area contributed by atoms with Gasteiger partial charge in [0.2, 0.25) is 0 Å². The van der Waals surface area contributed by atoms with E-state index in [4.69, 9.17) is 4.74 Å². The summed E-state index contributed by atoms with van der Waals surface area (Å²) >= 11 is 0. The maximum absolute atomic E-state index is 13.9. The van der Waals surface area contributed by atoms with Crippen LogP contribution in [0.3, 0.4) is 0 Å². The van der Waals surface area contributed by atoms with Crippen LogP contribution in [0.15, 0.2) is 124 Å². The summed E-state index contributed by atoms with van der Waals surface area (Å²) in [5.41, 5.74) is -0.373. The molecule has 0 unspecified atom stereocenters. The van der Waals surface area contributed by atoms with E-state index in [0.29, 0.717) is 5.56 Å². The van der Waals surface area contributed by atoms with Gasteiger partial charge in [-0.3, -0.25) is 0 Å². The molecule has 0 spiro atoms. The van der Waals surface area contributed by atoms with Crippen molar-refractivity contribution in [3.63, 3.8) is 0 Å². The fourth-order valence-electron chi connectivity index (χ4n) is 3.37. The van der Waals surface area contributed by atoms with Gasteiger partial charge >= 0.3 is 5.97 Å². The van der Waals surface area contributed by atoms with Gasteiger partial charge in [-0.05, 0) is 62.4 Å². The Kier molecular flexibility index (Phi) is 7.15. The maximum Gasteiger partial charge on any atom is 0.339 e. The van der Waals surface area contributed by atoms with Gasteiger partial charge in [-0.1, -0.05) is 66.4 Å². The van der Waals surface area contributed by atoms with Gasteiger partial charge in [0, 0.05) is 6.07 Å². The number of esters is 1. The second kappa shape index (κ2) is 10.4. The van der Waals surface area contributed by atoms with Crippen LogP contribution in [0.4, 0.5) is 4.39 Å². The highest BCUT2D eigenvalue weighted by Crippen LogP contribution is 2.31. The van der Waals surface area contributed by atoms with Gasteiger partial charge < -0.3 is 4.74 Å². The molecule has 0 aromatic heterocycles. The summed E-state index contributed by atoms with van der Waals surface area (Å²) in [5, 5.41) is 0. The molecule has 0 amide bonds. The highest BCUT2D eigenvalue weighted by Gasteiger charge is 2.30. The number of carbonyl (C=O) groups excluding carboxylic acids is 1. The van der Waals surface area contributed by atoms with Crippen molar-refractivity contribution in [3.8, 4) is 11.8 Å². The van der Waals surface area contributed by atoms with E-state index in [2.05, 4.69) is 36.1 Å². The number of benzene rings is 4. The highest BCUT2D eigenvalue weighted by atomic mass is 32.2. The normalized spacial score (nSPS) is 10.9. The molecule has 0 radical (unpaired) electrons. The van der Waals surface area contributed by atoms with Crippen molar-refractivity contribution in [2.24, 2.45) is 0 Å². The molecular weight excluding hydrogens is 443 g/mol. The predicted octanol–water partition coefficient (Wildman–Crippen LogP) is 6.91. The van der Waals surface area contributed by atoms with E-state index in [1.807, 2.05) is 54.6 Å². The lowest BCUT2D eigenvalue weighted by atomic mass is 10.1. The summed E-state index contributed by atoms with van der Waals surface area (Å²) in [6.07, 6.45) is 0. The second-order valence-electron chi connectivity index (χ2n) is 8.09. The second-order valence-corrected chi connectivity index (χ2v) is 10.1. The molecule has 0 atom stereocenters. The Morgan fingerprint density at radius 1 is 0.765 bits per heavy atom. The molecular formula is C30H24FO2S+. The zero-order valence-electron chi connectivity index (χ0n) is 19.0. The van der Waals surface area contributed by atoms with E-state index in [1.165, 1.54) is 6.07 Å². The Labute approximate surface area is 202 Å². The zero-order chi connectivity index (χ0) is 24.0. The van der Waals surface area contributed by atoms with Crippen LogP contribution in [0.1, 0.15) is 29.8 Å². The number of carbonyl (C=O) groups is 1. The third-order valence-corrected chi connectivity index (χ3v) is 7.20. The smallest absolute Gasteiger partial charge is 0.339 e. The van der Waals surface area contributed by atoms with E-state index >= 15 is 0 Å². The molecule has 4 aromatic rings. The summed E-state index contributed by atoms with van der Waals surface area (Å²) in [7, 11) is -0.373. The number of rotatable bonds is 5. The van der Waals surface area contributed by atoms with Crippen molar-refractivity contribution in [1.82, 2.24) is 0 Å². The van der Waals surface area contributed by atoms with Gasteiger partial charge in [0.1, 0.15) is 5.82 Å². The molecule has 0 aliphatic carbocycles. The third-order valence-electron chi connectivity index (χ3n) is 4.98. The summed E-state index contributed by atoms with van der Waals surface area (Å²) < 4.78 is 19.6. The number of halogens is 1. The van der Waals surface area contributed by atoms with Crippen molar-refractivity contribution in [1.29, 1.82) is 0 Å². The molecule has 168 valence electrons. The lowest BCUT2D eigenvalue weighted by Crippen LogP contribution is -2.26. The summed E-state index contributed by atoms with van der Waals surface area (Å²) in [5.74, 6) is 4.78. The minimum Gasteiger partial charge on any atom is -0.443 e. The highest BCUT2D eigenvalue weighted by molar-refractivity contribution is 7.97. The van der Waals surface area contributed by atoms with Crippen molar-refractivity contribution < 1.29 is 13.9 Å². The minimum absolute atomic E-state index is 0.267. The van der Waals surface area contributed by atoms with E-state index in [-0.39, 0.29) is 16.5 Å². The fraction of sp³-hybridized carbons (Fsp3) is 0.100. The summed E-state index contributed by atoms with van der Waals surface area (Å²) in [6.45, 7) is 3.39. The Bertz CT molecular complexity index is 1300. The topological polar surface area (TPSA) is 26.3 Å². The van der Waals surface area contributed by atoms with Crippen molar-refractivity contribution in [2.75, 3.05) is 0 Å². The van der Waals surface area contributed by atoms with Gasteiger partial charge in [0.25, 0.3) is 0 Å². The Hall–Kier alpha value is -3.81. The molecule has 0 aliphatic heterocycles. The molecule has 0 bridgehead atoms. The molecule has 0 fully saturated rings. The van der Waals surface area contributed by atoms with Crippen LogP contribution < -0.4 is 0 Å². The maximum atomic E-state index is 13.9. The van der Waals surface area contributed by atoms with Crippen molar-refractivity contribution >= 4 is 16.9 Å². The van der Waals surface area contributed by atoms with Gasteiger partial charge in [0.05, 0.1) is 22.0 Å². The van der Waals surface area contributed by atoms with Crippen LogP contribution in [-0.2, 0) is 15.6 Å². The average Bonchev–Trinajstić information content (AvgIpc) is 2.85. The van der Waals surface area contributed by atoms with E-state index in [0.717, 1.165) is 14.7 Å². The van der Waals surface area contributed by atoms with Crippen LogP contribution in [0.5, 0.6) is 0 Å². The standard InChI is InChI=1S/C30H24FO2S/c1-30(2,21-20-23-12-9-10-19-28(23)31)33-29(32)24-13-11-18-27(22-24)34(25-14-5-3-6-15-25)26-16-7-4-8-17-26/h3-19,22H,1-2H3/q+1. The first kappa shape index (κ1) is 23.4. The molecule has 34 heavy (non-hydrogen) atoms. The van der Waals surface area contributed by atoms with Crippen LogP contribution >= 0.6 is 0 Å². The third kappa shape index (κ3) is 5.75. The first-order valence-corrected chi connectivity index (χ1v) is 12.1. The first-order chi connectivity index (χ1) is 16.4. The fourth-order valence-corrected chi connectivity index (χ4v) is 5.50. The molecule has 4 heteroatoms. The predicted molar refractivity (Wildman–Crippen MR) is 134 cm³/mol. The number of ether oxygens (including phenoxy) is 1. The van der Waals surface area contributed by atoms with Crippen LogP contribution in [0, 0.1) is 17.7 Å². The van der Waals surface area contributed by atoms with Crippen molar-refractivity contribution in [3.05, 3.63) is 126 Å².